The van der Waals surface area contributed by atoms with Crippen LogP contribution in [0.25, 0.3) is 22.2 Å². The first-order valence-electron chi connectivity index (χ1n) is 8.13. The van der Waals surface area contributed by atoms with Crippen LogP contribution in [0.5, 0.6) is 5.75 Å². The van der Waals surface area contributed by atoms with Gasteiger partial charge in [0.05, 0.1) is 18.4 Å². The number of carbonyl (C=O) groups excluding carboxylic acids is 1. The fourth-order valence-electron chi connectivity index (χ4n) is 3.09. The zero-order chi connectivity index (χ0) is 17.2. The summed E-state index contributed by atoms with van der Waals surface area (Å²) in [6, 6.07) is 25.0. The number of fused-ring (bicyclic) bond motifs is 1. The van der Waals surface area contributed by atoms with E-state index in [9.17, 15) is 4.79 Å². The highest BCUT2D eigenvalue weighted by atomic mass is 16.5. The van der Waals surface area contributed by atoms with Crippen LogP contribution in [-0.2, 0) is 0 Å². The third kappa shape index (κ3) is 2.70. The summed E-state index contributed by atoms with van der Waals surface area (Å²) < 4.78 is 5.35. The van der Waals surface area contributed by atoms with Crippen molar-refractivity contribution in [3.05, 3.63) is 90.0 Å². The van der Waals surface area contributed by atoms with E-state index in [1.54, 1.807) is 7.11 Å². The SMILES string of the molecule is COc1ccc2[nH]c(-c3ccccc3)c(C(=O)c3ccccc3)c2c1. The van der Waals surface area contributed by atoms with Crippen molar-refractivity contribution in [2.45, 2.75) is 0 Å². The van der Waals surface area contributed by atoms with Gasteiger partial charge in [0.2, 0.25) is 0 Å². The minimum absolute atomic E-state index is 0.000967. The van der Waals surface area contributed by atoms with E-state index in [-0.39, 0.29) is 5.78 Å². The van der Waals surface area contributed by atoms with Crippen molar-refractivity contribution in [3.63, 3.8) is 0 Å². The first-order valence-corrected chi connectivity index (χ1v) is 8.13. The molecule has 0 aliphatic carbocycles. The molecule has 25 heavy (non-hydrogen) atoms. The van der Waals surface area contributed by atoms with E-state index in [2.05, 4.69) is 4.98 Å². The topological polar surface area (TPSA) is 42.1 Å². The van der Waals surface area contributed by atoms with Crippen LogP contribution in [0.1, 0.15) is 15.9 Å². The summed E-state index contributed by atoms with van der Waals surface area (Å²) in [5, 5.41) is 0.868. The summed E-state index contributed by atoms with van der Waals surface area (Å²) in [5.74, 6) is 0.729. The first-order chi connectivity index (χ1) is 12.3. The Morgan fingerprint density at radius 1 is 0.880 bits per heavy atom. The Bertz CT molecular complexity index is 1030. The summed E-state index contributed by atoms with van der Waals surface area (Å²) in [7, 11) is 1.63. The summed E-state index contributed by atoms with van der Waals surface area (Å²) in [5.41, 5.74) is 4.07. The van der Waals surface area contributed by atoms with Gasteiger partial charge >= 0.3 is 0 Å². The van der Waals surface area contributed by atoms with Gasteiger partial charge in [-0.3, -0.25) is 4.79 Å². The lowest BCUT2D eigenvalue weighted by Crippen LogP contribution is -2.02. The summed E-state index contributed by atoms with van der Waals surface area (Å²) in [6.45, 7) is 0. The number of H-pyrrole nitrogens is 1. The highest BCUT2D eigenvalue weighted by Gasteiger charge is 2.21. The van der Waals surface area contributed by atoms with E-state index in [1.807, 2.05) is 78.9 Å². The number of ether oxygens (including phenoxy) is 1. The maximum Gasteiger partial charge on any atom is 0.195 e. The predicted octanol–water partition coefficient (Wildman–Crippen LogP) is 5.07. The van der Waals surface area contributed by atoms with E-state index < -0.39 is 0 Å². The normalized spacial score (nSPS) is 10.8. The monoisotopic (exact) mass is 327 g/mol. The summed E-state index contributed by atoms with van der Waals surface area (Å²) in [6.07, 6.45) is 0. The molecule has 4 rings (SSSR count). The lowest BCUT2D eigenvalue weighted by Gasteiger charge is -2.05. The van der Waals surface area contributed by atoms with Crippen LogP contribution in [0.3, 0.4) is 0 Å². The maximum absolute atomic E-state index is 13.3. The average Bonchev–Trinajstić information content (AvgIpc) is 3.07. The third-order valence-electron chi connectivity index (χ3n) is 4.33. The number of ketones is 1. The molecule has 0 saturated heterocycles. The lowest BCUT2D eigenvalue weighted by atomic mass is 9.97. The number of rotatable bonds is 4. The summed E-state index contributed by atoms with van der Waals surface area (Å²) in [4.78, 5) is 16.7. The van der Waals surface area contributed by atoms with Crippen LogP contribution in [0.15, 0.2) is 78.9 Å². The highest BCUT2D eigenvalue weighted by Crippen LogP contribution is 2.34. The second-order valence-corrected chi connectivity index (χ2v) is 5.85. The van der Waals surface area contributed by atoms with Crippen molar-refractivity contribution in [1.82, 2.24) is 4.98 Å². The van der Waals surface area contributed by atoms with Crippen molar-refractivity contribution in [2.75, 3.05) is 7.11 Å². The Labute approximate surface area is 145 Å². The number of aromatic nitrogens is 1. The molecule has 122 valence electrons. The van der Waals surface area contributed by atoms with Crippen LogP contribution in [0.4, 0.5) is 0 Å². The molecule has 0 bridgehead atoms. The fraction of sp³-hybridized carbons (Fsp3) is 0.0455. The number of methoxy groups -OCH3 is 1. The van der Waals surface area contributed by atoms with E-state index in [0.717, 1.165) is 27.9 Å². The van der Waals surface area contributed by atoms with E-state index in [0.29, 0.717) is 11.1 Å². The molecule has 0 aliphatic rings. The summed E-state index contributed by atoms with van der Waals surface area (Å²) >= 11 is 0. The van der Waals surface area contributed by atoms with Gasteiger partial charge < -0.3 is 9.72 Å². The largest absolute Gasteiger partial charge is 0.497 e. The molecule has 3 nitrogen and oxygen atoms in total. The Hall–Kier alpha value is -3.33. The van der Waals surface area contributed by atoms with Gasteiger partial charge in [-0.25, -0.2) is 0 Å². The van der Waals surface area contributed by atoms with Gasteiger partial charge in [0, 0.05) is 16.5 Å². The number of benzene rings is 3. The smallest absolute Gasteiger partial charge is 0.195 e. The van der Waals surface area contributed by atoms with Crippen LogP contribution < -0.4 is 4.74 Å². The molecule has 0 radical (unpaired) electrons. The van der Waals surface area contributed by atoms with Gasteiger partial charge in [0.25, 0.3) is 0 Å². The van der Waals surface area contributed by atoms with Gasteiger partial charge in [0.1, 0.15) is 5.75 Å². The molecule has 0 saturated carbocycles. The van der Waals surface area contributed by atoms with Crippen molar-refractivity contribution in [2.24, 2.45) is 0 Å². The Morgan fingerprint density at radius 2 is 1.56 bits per heavy atom. The van der Waals surface area contributed by atoms with Crippen LogP contribution in [0.2, 0.25) is 0 Å². The van der Waals surface area contributed by atoms with E-state index in [4.69, 9.17) is 4.74 Å². The Morgan fingerprint density at radius 3 is 2.24 bits per heavy atom. The number of carbonyl (C=O) groups is 1. The maximum atomic E-state index is 13.3. The Balaban J connectivity index is 2.00. The molecule has 0 amide bonds. The second kappa shape index (κ2) is 6.29. The molecule has 0 spiro atoms. The van der Waals surface area contributed by atoms with Gasteiger partial charge in [-0.1, -0.05) is 60.7 Å². The molecule has 0 fully saturated rings. The van der Waals surface area contributed by atoms with Crippen LogP contribution in [-0.4, -0.2) is 17.9 Å². The molecule has 1 N–H and O–H groups in total. The van der Waals surface area contributed by atoms with E-state index in [1.165, 1.54) is 0 Å². The molecule has 0 aliphatic heterocycles. The lowest BCUT2D eigenvalue weighted by molar-refractivity contribution is 0.104. The second-order valence-electron chi connectivity index (χ2n) is 5.85. The number of aromatic amines is 1. The molecule has 0 unspecified atom stereocenters. The fourth-order valence-corrected chi connectivity index (χ4v) is 3.09. The van der Waals surface area contributed by atoms with E-state index >= 15 is 0 Å². The molecular weight excluding hydrogens is 310 g/mol. The quantitative estimate of drug-likeness (QED) is 0.531. The number of hydrogen-bond donors (Lipinski definition) is 1. The number of hydrogen-bond acceptors (Lipinski definition) is 2. The molecular formula is C22H17NO2. The predicted molar refractivity (Wildman–Crippen MR) is 100 cm³/mol. The molecule has 3 aromatic carbocycles. The number of nitrogens with one attached hydrogen (secondary N) is 1. The van der Waals surface area contributed by atoms with Crippen molar-refractivity contribution >= 4 is 16.7 Å². The van der Waals surface area contributed by atoms with Gasteiger partial charge in [0.15, 0.2) is 5.78 Å². The molecule has 1 aromatic heterocycles. The molecule has 1 heterocycles. The zero-order valence-corrected chi connectivity index (χ0v) is 13.8. The average molecular weight is 327 g/mol. The van der Waals surface area contributed by atoms with Crippen LogP contribution >= 0.6 is 0 Å². The van der Waals surface area contributed by atoms with Crippen molar-refractivity contribution in [3.8, 4) is 17.0 Å². The Kier molecular flexibility index (Phi) is 3.82. The third-order valence-corrected chi connectivity index (χ3v) is 4.33. The zero-order valence-electron chi connectivity index (χ0n) is 13.8. The van der Waals surface area contributed by atoms with Gasteiger partial charge in [-0.15, -0.1) is 0 Å². The van der Waals surface area contributed by atoms with Crippen LogP contribution in [0, 0.1) is 0 Å². The van der Waals surface area contributed by atoms with Crippen molar-refractivity contribution in [1.29, 1.82) is 0 Å². The first kappa shape index (κ1) is 15.2. The van der Waals surface area contributed by atoms with Gasteiger partial charge in [-0.05, 0) is 23.8 Å². The highest BCUT2D eigenvalue weighted by molar-refractivity contribution is 6.20. The van der Waals surface area contributed by atoms with Gasteiger partial charge in [-0.2, -0.15) is 0 Å². The molecule has 3 heteroatoms. The molecule has 0 atom stereocenters. The standard InChI is InChI=1S/C22H17NO2/c1-25-17-12-13-19-18(14-17)20(22(24)16-10-6-3-7-11-16)21(23-19)15-8-4-2-5-9-15/h2-14,23H,1H3. The minimum atomic E-state index is -0.000967. The molecule has 4 aromatic rings. The minimum Gasteiger partial charge on any atom is -0.497 e. The van der Waals surface area contributed by atoms with Crippen molar-refractivity contribution < 1.29 is 9.53 Å².